The Hall–Kier alpha value is 1.56. The van der Waals surface area contributed by atoms with Crippen LogP contribution in [0.2, 0.25) is 35.5 Å². The fourth-order valence-electron chi connectivity index (χ4n) is 7.41. The molecule has 0 saturated heterocycles. The van der Waals surface area contributed by atoms with Crippen molar-refractivity contribution in [3.8, 4) is 0 Å². The minimum absolute atomic E-state index is 0.0138. The standard InChI is InChI=1S/C12H24O.6C4H9.2Sn/c1-4-6-7-8-9-10-12(13)11(3)5-2;6*1-3-4-2;;/h11-13H,2-10H2,1H3;6*1,3-4H2,2H3;;/t11-,12+;;;;;;;;/m0......../s1. The Morgan fingerprint density at radius 1 is 0.385 bits per heavy atom. The third-order valence-electron chi connectivity index (χ3n) is 10.3. The van der Waals surface area contributed by atoms with Crippen LogP contribution in [0.25, 0.3) is 0 Å². The van der Waals surface area contributed by atoms with Crippen LogP contribution in [-0.4, -0.2) is 48.0 Å². The molecule has 0 rings (SSSR count). The quantitative estimate of drug-likeness (QED) is 0.0571. The van der Waals surface area contributed by atoms with E-state index < -0.39 is 36.8 Å². The minimum atomic E-state index is -2.29. The molecule has 0 unspecified atom stereocenters. The first-order valence-electron chi connectivity index (χ1n) is 18.6. The maximum atomic E-state index is 11.9. The summed E-state index contributed by atoms with van der Waals surface area (Å²) in [5.74, 6) is 0.637. The van der Waals surface area contributed by atoms with Crippen molar-refractivity contribution < 1.29 is 5.11 Å². The van der Waals surface area contributed by atoms with E-state index >= 15 is 0 Å². The van der Waals surface area contributed by atoms with Crippen molar-refractivity contribution in [2.24, 2.45) is 5.92 Å². The molecule has 1 nitrogen and oxygen atoms in total. The van der Waals surface area contributed by atoms with Crippen molar-refractivity contribution in [2.75, 3.05) is 0 Å². The Kier molecular flexibility index (Phi) is 28.2. The van der Waals surface area contributed by atoms with E-state index in [9.17, 15) is 5.11 Å². The van der Waals surface area contributed by atoms with Gasteiger partial charge in [0.25, 0.3) is 0 Å². The molecule has 0 radical (unpaired) electrons. The normalized spacial score (nSPS) is 14.2. The molecule has 0 aromatic rings. The van der Waals surface area contributed by atoms with Gasteiger partial charge >= 0.3 is 260 Å². The number of hydrogen-bond donors (Lipinski definition) is 1. The van der Waals surface area contributed by atoms with E-state index in [1.807, 2.05) is 0 Å². The van der Waals surface area contributed by atoms with Crippen LogP contribution in [0.15, 0.2) is 0 Å². The maximum absolute atomic E-state index is 11.9. The van der Waals surface area contributed by atoms with Crippen LogP contribution < -0.4 is 0 Å². The summed E-state index contributed by atoms with van der Waals surface area (Å²) in [7, 11) is 0. The van der Waals surface area contributed by atoms with Gasteiger partial charge in [-0.15, -0.1) is 0 Å². The second kappa shape index (κ2) is 27.1. The van der Waals surface area contributed by atoms with E-state index in [0.717, 1.165) is 6.42 Å². The van der Waals surface area contributed by atoms with Crippen LogP contribution in [0, 0.1) is 5.92 Å². The Balaban J connectivity index is 6.00. The summed E-state index contributed by atoms with van der Waals surface area (Å²) in [5, 5.41) is 11.9. The molecule has 0 aliphatic carbocycles. The molecule has 0 aromatic carbocycles. The van der Waals surface area contributed by atoms with Crippen LogP contribution in [0.4, 0.5) is 0 Å². The van der Waals surface area contributed by atoms with Gasteiger partial charge in [-0.1, -0.05) is 0 Å². The fourth-order valence-corrected chi connectivity index (χ4v) is 41.8. The molecule has 1 N–H and O–H groups in total. The van der Waals surface area contributed by atoms with Crippen molar-refractivity contribution in [1.29, 1.82) is 0 Å². The molecule has 0 spiro atoms. The van der Waals surface area contributed by atoms with Crippen LogP contribution in [0.1, 0.15) is 170 Å². The van der Waals surface area contributed by atoms with E-state index in [0.29, 0.717) is 5.92 Å². The van der Waals surface area contributed by atoms with Gasteiger partial charge in [-0.3, -0.25) is 0 Å². The first-order chi connectivity index (χ1) is 18.9. The molecule has 236 valence electrons. The number of aliphatic hydroxyl groups is 1. The number of hydrogen-bond acceptors (Lipinski definition) is 1. The van der Waals surface area contributed by atoms with Crippen LogP contribution in [0.3, 0.4) is 0 Å². The van der Waals surface area contributed by atoms with Gasteiger partial charge in [0.15, 0.2) is 0 Å². The first-order valence-corrected chi connectivity index (χ1v) is 34.7. The molecule has 2 atom stereocenters. The molecule has 0 aliphatic heterocycles. The molecule has 0 bridgehead atoms. The SMILES string of the molecule is CCCCCCC[C@@H](O)[C@H](C[CH2][Sn]([CH2]CCC)([CH2]CCC)[CH2]CCC)[CH2][Sn]([CH2]CCC)([CH2]CCC)[CH2]CCC. The van der Waals surface area contributed by atoms with E-state index in [4.69, 9.17) is 0 Å². The first kappa shape index (κ1) is 40.6. The van der Waals surface area contributed by atoms with E-state index in [1.165, 1.54) is 120 Å². The zero-order chi connectivity index (χ0) is 29.2. The Morgan fingerprint density at radius 2 is 0.744 bits per heavy atom. The second-order valence-electron chi connectivity index (χ2n) is 13.9. The van der Waals surface area contributed by atoms with E-state index in [2.05, 4.69) is 48.5 Å². The Bertz CT molecular complexity index is 465. The van der Waals surface area contributed by atoms with Crippen LogP contribution >= 0.6 is 0 Å². The predicted molar refractivity (Wildman–Crippen MR) is 187 cm³/mol. The molecular formula is C36H78OSn2. The second-order valence-corrected chi connectivity index (χ2v) is 42.2. The molecule has 0 saturated carbocycles. The van der Waals surface area contributed by atoms with Gasteiger partial charge in [0.1, 0.15) is 0 Å². The predicted octanol–water partition coefficient (Wildman–Crippen LogP) is 13.4. The summed E-state index contributed by atoms with van der Waals surface area (Å²) in [4.78, 5) is 0. The third kappa shape index (κ3) is 19.5. The van der Waals surface area contributed by atoms with Crippen molar-refractivity contribution >= 4 is 36.8 Å². The van der Waals surface area contributed by atoms with Crippen LogP contribution in [-0.2, 0) is 0 Å². The summed E-state index contributed by atoms with van der Waals surface area (Å²) >= 11 is -4.46. The summed E-state index contributed by atoms with van der Waals surface area (Å²) in [6, 6.07) is 0. The monoisotopic (exact) mass is 766 g/mol. The number of aliphatic hydroxyl groups excluding tert-OH is 1. The van der Waals surface area contributed by atoms with E-state index in [1.54, 1.807) is 31.1 Å². The zero-order valence-electron chi connectivity index (χ0n) is 28.7. The summed E-state index contributed by atoms with van der Waals surface area (Å²) < 4.78 is 12.9. The topological polar surface area (TPSA) is 20.2 Å². The van der Waals surface area contributed by atoms with Crippen LogP contribution in [0.5, 0.6) is 0 Å². The molecule has 39 heavy (non-hydrogen) atoms. The van der Waals surface area contributed by atoms with Gasteiger partial charge in [0.05, 0.1) is 0 Å². The molecule has 3 heteroatoms. The van der Waals surface area contributed by atoms with Crippen molar-refractivity contribution in [2.45, 2.75) is 212 Å². The van der Waals surface area contributed by atoms with Crippen molar-refractivity contribution in [3.05, 3.63) is 0 Å². The summed E-state index contributed by atoms with van der Waals surface area (Å²) in [5.41, 5.74) is 0. The summed E-state index contributed by atoms with van der Waals surface area (Å²) in [6.07, 6.45) is 26.2. The molecule has 0 heterocycles. The molecule has 0 aliphatic rings. The molecule has 0 amide bonds. The number of rotatable bonds is 30. The van der Waals surface area contributed by atoms with Gasteiger partial charge in [-0.25, -0.2) is 0 Å². The molecule has 0 fully saturated rings. The van der Waals surface area contributed by atoms with Gasteiger partial charge in [0.2, 0.25) is 0 Å². The van der Waals surface area contributed by atoms with Crippen molar-refractivity contribution in [3.63, 3.8) is 0 Å². The number of unbranched alkanes of at least 4 members (excludes halogenated alkanes) is 10. The van der Waals surface area contributed by atoms with Crippen molar-refractivity contribution in [1.82, 2.24) is 0 Å². The average molecular weight is 764 g/mol. The van der Waals surface area contributed by atoms with Gasteiger partial charge < -0.3 is 0 Å². The third-order valence-corrected chi connectivity index (χ3v) is 42.3. The average Bonchev–Trinajstić information content (AvgIpc) is 2.95. The van der Waals surface area contributed by atoms with Gasteiger partial charge in [0, 0.05) is 0 Å². The molecule has 0 aromatic heterocycles. The summed E-state index contributed by atoms with van der Waals surface area (Å²) in [6.45, 7) is 16.8. The molecular weight excluding hydrogens is 686 g/mol. The Labute approximate surface area is 258 Å². The zero-order valence-corrected chi connectivity index (χ0v) is 34.4. The van der Waals surface area contributed by atoms with Gasteiger partial charge in [-0.2, -0.15) is 0 Å². The Morgan fingerprint density at radius 3 is 1.13 bits per heavy atom. The van der Waals surface area contributed by atoms with Gasteiger partial charge in [-0.05, 0) is 0 Å². The fraction of sp³-hybridized carbons (Fsp3) is 1.00. The van der Waals surface area contributed by atoms with E-state index in [-0.39, 0.29) is 6.10 Å².